The summed E-state index contributed by atoms with van der Waals surface area (Å²) in [6.07, 6.45) is 0.947. The number of nitrogens with one attached hydrogen (secondary N) is 1. The van der Waals surface area contributed by atoms with E-state index in [1.807, 2.05) is 18.2 Å². The molecule has 1 rings (SSSR count). The van der Waals surface area contributed by atoms with Crippen molar-refractivity contribution in [3.05, 3.63) is 29.3 Å². The van der Waals surface area contributed by atoms with Crippen LogP contribution in [0.3, 0.4) is 0 Å². The zero-order chi connectivity index (χ0) is 8.97. The normalized spacial score (nSPS) is 9.92. The maximum absolute atomic E-state index is 5.77. The number of halogens is 1. The number of anilines is 1. The third-order valence-electron chi connectivity index (χ3n) is 1.93. The van der Waals surface area contributed by atoms with Crippen LogP contribution in [0.1, 0.15) is 18.1 Å². The van der Waals surface area contributed by atoms with Crippen LogP contribution >= 0.6 is 11.6 Å². The summed E-state index contributed by atoms with van der Waals surface area (Å²) in [4.78, 5) is 0. The molecule has 0 fully saturated rings. The molecule has 0 aromatic heterocycles. The van der Waals surface area contributed by atoms with Gasteiger partial charge >= 0.3 is 0 Å². The van der Waals surface area contributed by atoms with Gasteiger partial charge in [-0.05, 0) is 23.6 Å². The van der Waals surface area contributed by atoms with Crippen molar-refractivity contribution in [3.63, 3.8) is 0 Å². The molecule has 0 saturated heterocycles. The van der Waals surface area contributed by atoms with Crippen LogP contribution in [0.2, 0.25) is 0 Å². The number of nitrogens with two attached hydrogens (primary N) is 1. The van der Waals surface area contributed by atoms with Crippen LogP contribution in [-0.4, -0.2) is 0 Å². The molecular weight excluding hydrogens is 172 g/mol. The van der Waals surface area contributed by atoms with Gasteiger partial charge in [-0.2, -0.15) is 0 Å². The zero-order valence-corrected chi connectivity index (χ0v) is 7.86. The Morgan fingerprint density at radius 2 is 2.25 bits per heavy atom. The standard InChI is InChI=1S/C9H13ClN2/c1-2-8-7(6-10)4-3-5-9(8)12-11/h3-5,12H,2,6,11H2,1H3. The van der Waals surface area contributed by atoms with Crippen LogP contribution in [0.5, 0.6) is 0 Å². The molecule has 3 heteroatoms. The Morgan fingerprint density at radius 3 is 2.75 bits per heavy atom. The third kappa shape index (κ3) is 1.71. The van der Waals surface area contributed by atoms with E-state index in [1.54, 1.807) is 0 Å². The van der Waals surface area contributed by atoms with E-state index in [0.717, 1.165) is 17.7 Å². The number of rotatable bonds is 3. The van der Waals surface area contributed by atoms with Crippen LogP contribution in [-0.2, 0) is 12.3 Å². The van der Waals surface area contributed by atoms with Gasteiger partial charge < -0.3 is 5.43 Å². The molecule has 0 aliphatic heterocycles. The van der Waals surface area contributed by atoms with Crippen LogP contribution in [0.25, 0.3) is 0 Å². The first-order valence-corrected chi connectivity index (χ1v) is 4.50. The second-order valence-corrected chi connectivity index (χ2v) is 2.84. The van der Waals surface area contributed by atoms with Gasteiger partial charge in [-0.25, -0.2) is 0 Å². The Labute approximate surface area is 77.7 Å². The second-order valence-electron chi connectivity index (χ2n) is 2.57. The fourth-order valence-corrected chi connectivity index (χ4v) is 1.56. The highest BCUT2D eigenvalue weighted by atomic mass is 35.5. The maximum atomic E-state index is 5.77. The predicted molar refractivity (Wildman–Crippen MR) is 53.2 cm³/mol. The lowest BCUT2D eigenvalue weighted by Crippen LogP contribution is -2.09. The number of alkyl halides is 1. The minimum Gasteiger partial charge on any atom is -0.324 e. The van der Waals surface area contributed by atoms with Gasteiger partial charge in [0.25, 0.3) is 0 Å². The van der Waals surface area contributed by atoms with E-state index in [9.17, 15) is 0 Å². The molecule has 0 amide bonds. The van der Waals surface area contributed by atoms with Crippen LogP contribution in [0.15, 0.2) is 18.2 Å². The van der Waals surface area contributed by atoms with Gasteiger partial charge in [0.15, 0.2) is 0 Å². The van der Waals surface area contributed by atoms with Gasteiger partial charge in [0.2, 0.25) is 0 Å². The van der Waals surface area contributed by atoms with Crippen molar-refractivity contribution >= 4 is 17.3 Å². The topological polar surface area (TPSA) is 38.0 Å². The highest BCUT2D eigenvalue weighted by molar-refractivity contribution is 6.17. The van der Waals surface area contributed by atoms with Gasteiger partial charge in [0.1, 0.15) is 0 Å². The quantitative estimate of drug-likeness (QED) is 0.430. The van der Waals surface area contributed by atoms with E-state index in [0.29, 0.717) is 5.88 Å². The Bertz CT molecular complexity index is 238. The lowest BCUT2D eigenvalue weighted by molar-refractivity contribution is 1.09. The maximum Gasteiger partial charge on any atom is 0.0520 e. The fraction of sp³-hybridized carbons (Fsp3) is 0.333. The molecule has 0 aliphatic rings. The van der Waals surface area contributed by atoms with Gasteiger partial charge in [0.05, 0.1) is 5.69 Å². The summed E-state index contributed by atoms with van der Waals surface area (Å²) in [5.41, 5.74) is 5.98. The average molecular weight is 185 g/mol. The SMILES string of the molecule is CCc1c(CCl)cccc1NN. The third-order valence-corrected chi connectivity index (χ3v) is 2.21. The van der Waals surface area contributed by atoms with Crippen molar-refractivity contribution < 1.29 is 0 Å². The van der Waals surface area contributed by atoms with Crippen molar-refractivity contribution in [1.82, 2.24) is 0 Å². The Kier molecular flexibility index (Phi) is 3.38. The highest BCUT2D eigenvalue weighted by Crippen LogP contribution is 2.20. The number of hydrogen-bond donors (Lipinski definition) is 2. The zero-order valence-electron chi connectivity index (χ0n) is 7.10. The summed E-state index contributed by atoms with van der Waals surface area (Å²) in [6, 6.07) is 5.92. The Morgan fingerprint density at radius 1 is 1.50 bits per heavy atom. The Hall–Kier alpha value is -0.730. The summed E-state index contributed by atoms with van der Waals surface area (Å²) >= 11 is 5.77. The fourth-order valence-electron chi connectivity index (χ4n) is 1.31. The number of hydrazine groups is 1. The number of hydrogen-bond acceptors (Lipinski definition) is 2. The molecule has 2 nitrogen and oxygen atoms in total. The summed E-state index contributed by atoms with van der Waals surface area (Å²) in [7, 11) is 0. The number of nitrogen functional groups attached to an aromatic ring is 1. The van der Waals surface area contributed by atoms with E-state index in [-0.39, 0.29) is 0 Å². The van der Waals surface area contributed by atoms with E-state index in [4.69, 9.17) is 17.4 Å². The highest BCUT2D eigenvalue weighted by Gasteiger charge is 2.03. The summed E-state index contributed by atoms with van der Waals surface area (Å²) < 4.78 is 0. The van der Waals surface area contributed by atoms with Crippen LogP contribution < -0.4 is 11.3 Å². The summed E-state index contributed by atoms with van der Waals surface area (Å²) in [6.45, 7) is 2.09. The predicted octanol–water partition coefficient (Wildman–Crippen LogP) is 2.27. The monoisotopic (exact) mass is 184 g/mol. The van der Waals surface area contributed by atoms with Crippen molar-refractivity contribution in [2.75, 3.05) is 5.43 Å². The largest absolute Gasteiger partial charge is 0.324 e. The minimum absolute atomic E-state index is 0.540. The Balaban J connectivity index is 3.13. The molecule has 66 valence electrons. The summed E-state index contributed by atoms with van der Waals surface area (Å²) in [5, 5.41) is 0. The molecule has 1 aromatic carbocycles. The van der Waals surface area contributed by atoms with Gasteiger partial charge in [-0.15, -0.1) is 11.6 Å². The lowest BCUT2D eigenvalue weighted by Gasteiger charge is -2.10. The minimum atomic E-state index is 0.540. The molecule has 0 spiro atoms. The first-order chi connectivity index (χ1) is 5.83. The molecule has 0 radical (unpaired) electrons. The van der Waals surface area contributed by atoms with Crippen LogP contribution in [0, 0.1) is 0 Å². The van der Waals surface area contributed by atoms with Crippen molar-refractivity contribution in [2.45, 2.75) is 19.2 Å². The first kappa shape index (κ1) is 9.36. The van der Waals surface area contributed by atoms with E-state index >= 15 is 0 Å². The van der Waals surface area contributed by atoms with Gasteiger partial charge in [0, 0.05) is 5.88 Å². The van der Waals surface area contributed by atoms with Crippen LogP contribution in [0.4, 0.5) is 5.69 Å². The van der Waals surface area contributed by atoms with Crippen molar-refractivity contribution in [1.29, 1.82) is 0 Å². The van der Waals surface area contributed by atoms with E-state index < -0.39 is 0 Å². The molecule has 12 heavy (non-hydrogen) atoms. The lowest BCUT2D eigenvalue weighted by atomic mass is 10.0. The molecule has 0 aliphatic carbocycles. The summed E-state index contributed by atoms with van der Waals surface area (Å²) in [5.74, 6) is 5.90. The van der Waals surface area contributed by atoms with Gasteiger partial charge in [-0.1, -0.05) is 19.1 Å². The van der Waals surface area contributed by atoms with Crippen molar-refractivity contribution in [3.8, 4) is 0 Å². The van der Waals surface area contributed by atoms with E-state index in [2.05, 4.69) is 12.3 Å². The van der Waals surface area contributed by atoms with Gasteiger partial charge in [-0.3, -0.25) is 5.84 Å². The first-order valence-electron chi connectivity index (χ1n) is 3.96. The molecule has 1 aromatic rings. The molecular formula is C9H13ClN2. The smallest absolute Gasteiger partial charge is 0.0520 e. The second kappa shape index (κ2) is 4.33. The van der Waals surface area contributed by atoms with E-state index in [1.165, 1.54) is 5.56 Å². The molecule has 0 saturated carbocycles. The number of benzene rings is 1. The van der Waals surface area contributed by atoms with Crippen molar-refractivity contribution in [2.24, 2.45) is 5.84 Å². The average Bonchev–Trinajstić information content (AvgIpc) is 2.16. The molecule has 3 N–H and O–H groups in total. The molecule has 0 unspecified atom stereocenters. The molecule has 0 atom stereocenters. The molecule has 0 bridgehead atoms. The molecule has 0 heterocycles.